The number of pyridine rings is 1. The second-order valence-electron chi connectivity index (χ2n) is 6.38. The molecule has 2 aliphatic rings. The third-order valence-corrected chi connectivity index (χ3v) is 4.59. The molecule has 0 radical (unpaired) electrons. The summed E-state index contributed by atoms with van der Waals surface area (Å²) in [5.41, 5.74) is -0.142. The molecular formula is C17H24N2O4. The minimum absolute atomic E-state index is 0.0438. The number of nitrogens with zero attached hydrogens (tertiary/aromatic N) is 2. The number of rotatable bonds is 6. The lowest BCUT2D eigenvalue weighted by atomic mass is 9.79. The second kappa shape index (κ2) is 7.27. The fraction of sp³-hybridized carbons (Fsp3) is 0.647. The van der Waals surface area contributed by atoms with Crippen LogP contribution in [0.1, 0.15) is 19.3 Å². The predicted molar refractivity (Wildman–Crippen MR) is 84.2 cm³/mol. The number of likely N-dealkylation sites (tertiary alicyclic amines) is 1. The third-order valence-electron chi connectivity index (χ3n) is 4.59. The highest BCUT2D eigenvalue weighted by molar-refractivity contribution is 5.78. The highest BCUT2D eigenvalue weighted by Crippen LogP contribution is 2.38. The molecule has 23 heavy (non-hydrogen) atoms. The molecule has 1 atom stereocenters. The molecule has 3 heterocycles. The van der Waals surface area contributed by atoms with E-state index < -0.39 is 0 Å². The van der Waals surface area contributed by atoms with E-state index in [1.807, 2.05) is 23.1 Å². The molecule has 0 N–H and O–H groups in total. The van der Waals surface area contributed by atoms with Gasteiger partial charge in [0.15, 0.2) is 0 Å². The molecule has 0 saturated carbocycles. The Labute approximate surface area is 136 Å². The Morgan fingerprint density at radius 2 is 2.35 bits per heavy atom. The smallest absolute Gasteiger partial charge is 0.248 e. The van der Waals surface area contributed by atoms with Crippen molar-refractivity contribution in [2.24, 2.45) is 5.92 Å². The zero-order chi connectivity index (χ0) is 16.1. The van der Waals surface area contributed by atoms with Gasteiger partial charge in [0.05, 0.1) is 19.7 Å². The molecule has 2 saturated heterocycles. The first-order valence-electron chi connectivity index (χ1n) is 8.15. The Morgan fingerprint density at radius 3 is 3.09 bits per heavy atom. The standard InChI is InChI=1S/C17H24N2O4/c1-21-11-16(20)19-12-17(13-19)10-14(6-9-23-17)5-8-22-15-4-2-3-7-18-15/h2-4,7,14H,5-6,8-13H2,1H3. The monoisotopic (exact) mass is 320 g/mol. The number of hydrogen-bond donors (Lipinski definition) is 0. The number of carbonyl (C=O) groups excluding carboxylic acids is 1. The highest BCUT2D eigenvalue weighted by atomic mass is 16.5. The van der Waals surface area contributed by atoms with Crippen molar-refractivity contribution >= 4 is 5.91 Å². The third kappa shape index (κ3) is 4.00. The lowest BCUT2D eigenvalue weighted by Crippen LogP contribution is -2.67. The average Bonchev–Trinajstić information content (AvgIpc) is 2.54. The Balaban J connectivity index is 1.42. The fourth-order valence-electron chi connectivity index (χ4n) is 3.40. The summed E-state index contributed by atoms with van der Waals surface area (Å²) in [5.74, 6) is 1.30. The van der Waals surface area contributed by atoms with Crippen LogP contribution >= 0.6 is 0 Å². The van der Waals surface area contributed by atoms with Crippen LogP contribution < -0.4 is 4.74 Å². The van der Waals surface area contributed by atoms with Gasteiger partial charge in [-0.3, -0.25) is 4.79 Å². The predicted octanol–water partition coefficient (Wildman–Crippen LogP) is 1.50. The molecule has 2 aliphatic heterocycles. The molecular weight excluding hydrogens is 296 g/mol. The topological polar surface area (TPSA) is 60.9 Å². The number of aromatic nitrogens is 1. The molecule has 1 unspecified atom stereocenters. The van der Waals surface area contributed by atoms with Crippen molar-refractivity contribution in [3.63, 3.8) is 0 Å². The number of hydrogen-bond acceptors (Lipinski definition) is 5. The van der Waals surface area contributed by atoms with Crippen LogP contribution in [0.3, 0.4) is 0 Å². The Morgan fingerprint density at radius 1 is 1.48 bits per heavy atom. The lowest BCUT2D eigenvalue weighted by Gasteiger charge is -2.53. The largest absolute Gasteiger partial charge is 0.478 e. The Kier molecular flexibility index (Phi) is 5.13. The fourth-order valence-corrected chi connectivity index (χ4v) is 3.40. The molecule has 6 heteroatoms. The highest BCUT2D eigenvalue weighted by Gasteiger charge is 2.48. The summed E-state index contributed by atoms with van der Waals surface area (Å²) in [6, 6.07) is 5.67. The van der Waals surface area contributed by atoms with E-state index in [0.29, 0.717) is 31.5 Å². The Hall–Kier alpha value is -1.66. The Bertz CT molecular complexity index is 517. The lowest BCUT2D eigenvalue weighted by molar-refractivity contribution is -0.190. The number of methoxy groups -OCH3 is 1. The normalized spacial score (nSPS) is 22.7. The van der Waals surface area contributed by atoms with Crippen LogP contribution in [0, 0.1) is 5.92 Å². The van der Waals surface area contributed by atoms with Gasteiger partial charge in [0.2, 0.25) is 11.8 Å². The van der Waals surface area contributed by atoms with Crippen molar-refractivity contribution < 1.29 is 19.0 Å². The van der Waals surface area contributed by atoms with Crippen molar-refractivity contribution in [1.29, 1.82) is 0 Å². The molecule has 0 aromatic carbocycles. The van der Waals surface area contributed by atoms with Gasteiger partial charge in [-0.05, 0) is 31.2 Å². The first-order chi connectivity index (χ1) is 11.2. The van der Waals surface area contributed by atoms with E-state index in [-0.39, 0.29) is 18.1 Å². The van der Waals surface area contributed by atoms with Gasteiger partial charge < -0.3 is 19.1 Å². The maximum absolute atomic E-state index is 11.8. The maximum Gasteiger partial charge on any atom is 0.248 e. The van der Waals surface area contributed by atoms with E-state index in [2.05, 4.69) is 4.98 Å². The minimum Gasteiger partial charge on any atom is -0.478 e. The zero-order valence-corrected chi connectivity index (χ0v) is 13.6. The molecule has 0 aliphatic carbocycles. The molecule has 0 bridgehead atoms. The summed E-state index contributed by atoms with van der Waals surface area (Å²) >= 11 is 0. The van der Waals surface area contributed by atoms with Gasteiger partial charge in [0, 0.05) is 26.0 Å². The van der Waals surface area contributed by atoms with Crippen molar-refractivity contribution in [2.45, 2.75) is 24.9 Å². The van der Waals surface area contributed by atoms with E-state index in [9.17, 15) is 4.79 Å². The van der Waals surface area contributed by atoms with E-state index in [1.165, 1.54) is 0 Å². The van der Waals surface area contributed by atoms with Crippen LogP contribution in [0.15, 0.2) is 24.4 Å². The summed E-state index contributed by atoms with van der Waals surface area (Å²) in [5, 5.41) is 0. The van der Waals surface area contributed by atoms with Gasteiger partial charge in [-0.25, -0.2) is 4.98 Å². The van der Waals surface area contributed by atoms with Crippen LogP contribution in [0.4, 0.5) is 0 Å². The van der Waals surface area contributed by atoms with Crippen LogP contribution in [0.5, 0.6) is 5.88 Å². The van der Waals surface area contributed by atoms with Crippen LogP contribution in [0.2, 0.25) is 0 Å². The summed E-state index contributed by atoms with van der Waals surface area (Å²) < 4.78 is 16.6. The van der Waals surface area contributed by atoms with Crippen LogP contribution in [-0.2, 0) is 14.3 Å². The summed E-state index contributed by atoms with van der Waals surface area (Å²) in [7, 11) is 1.54. The van der Waals surface area contributed by atoms with Crippen molar-refractivity contribution in [3.8, 4) is 5.88 Å². The van der Waals surface area contributed by atoms with E-state index in [4.69, 9.17) is 14.2 Å². The molecule has 1 amide bonds. The molecule has 6 nitrogen and oxygen atoms in total. The molecule has 1 aromatic rings. The first kappa shape index (κ1) is 16.2. The number of carbonyl (C=O) groups is 1. The first-order valence-corrected chi connectivity index (χ1v) is 8.15. The van der Waals surface area contributed by atoms with Crippen LogP contribution in [0.25, 0.3) is 0 Å². The average molecular weight is 320 g/mol. The van der Waals surface area contributed by atoms with E-state index in [1.54, 1.807) is 13.3 Å². The van der Waals surface area contributed by atoms with Gasteiger partial charge in [-0.2, -0.15) is 0 Å². The SMILES string of the molecule is COCC(=O)N1CC2(CC(CCOc3ccccn3)CCO2)C1. The van der Waals surface area contributed by atoms with Gasteiger partial charge in [-0.1, -0.05) is 6.07 Å². The molecule has 126 valence electrons. The summed E-state index contributed by atoms with van der Waals surface area (Å²) in [6.45, 7) is 2.96. The zero-order valence-electron chi connectivity index (χ0n) is 13.6. The summed E-state index contributed by atoms with van der Waals surface area (Å²) in [4.78, 5) is 17.8. The van der Waals surface area contributed by atoms with E-state index in [0.717, 1.165) is 25.9 Å². The number of amides is 1. The maximum atomic E-state index is 11.8. The van der Waals surface area contributed by atoms with Crippen molar-refractivity contribution in [1.82, 2.24) is 9.88 Å². The van der Waals surface area contributed by atoms with Gasteiger partial charge in [0.25, 0.3) is 0 Å². The van der Waals surface area contributed by atoms with Crippen molar-refractivity contribution in [3.05, 3.63) is 24.4 Å². The molecule has 3 rings (SSSR count). The minimum atomic E-state index is -0.142. The van der Waals surface area contributed by atoms with Gasteiger partial charge in [-0.15, -0.1) is 0 Å². The van der Waals surface area contributed by atoms with Gasteiger partial charge >= 0.3 is 0 Å². The van der Waals surface area contributed by atoms with Crippen LogP contribution in [-0.4, -0.2) is 61.4 Å². The molecule has 2 fully saturated rings. The quantitative estimate of drug-likeness (QED) is 0.795. The van der Waals surface area contributed by atoms with Gasteiger partial charge in [0.1, 0.15) is 12.2 Å². The van der Waals surface area contributed by atoms with E-state index >= 15 is 0 Å². The summed E-state index contributed by atoms with van der Waals surface area (Å²) in [6.07, 6.45) is 4.78. The van der Waals surface area contributed by atoms with Crippen molar-refractivity contribution in [2.75, 3.05) is 40.0 Å². The number of ether oxygens (including phenoxy) is 3. The molecule has 1 aromatic heterocycles. The molecule has 1 spiro atoms. The second-order valence-corrected chi connectivity index (χ2v) is 6.38.